The fraction of sp³-hybridized carbons (Fsp3) is 0.0833. The lowest BCUT2D eigenvalue weighted by atomic mass is 10.2. The Morgan fingerprint density at radius 1 is 1.35 bits per heavy atom. The molecule has 0 fully saturated rings. The van der Waals surface area contributed by atoms with Crippen molar-refractivity contribution in [3.05, 3.63) is 47.4 Å². The monoisotopic (exact) mass is 229 g/mol. The maximum atomic E-state index is 13.0. The van der Waals surface area contributed by atoms with E-state index in [9.17, 15) is 4.39 Å². The fourth-order valence-corrected chi connectivity index (χ4v) is 1.27. The van der Waals surface area contributed by atoms with Gasteiger partial charge in [-0.15, -0.1) is 5.10 Å². The molecule has 1 heterocycles. The van der Waals surface area contributed by atoms with Gasteiger partial charge in [0.25, 0.3) is 5.88 Å². The van der Waals surface area contributed by atoms with Gasteiger partial charge >= 0.3 is 0 Å². The van der Waals surface area contributed by atoms with Crippen LogP contribution in [-0.4, -0.2) is 10.2 Å². The molecule has 0 aliphatic rings. The van der Waals surface area contributed by atoms with Crippen molar-refractivity contribution in [2.45, 2.75) is 6.92 Å². The molecular formula is C12H8FN3O. The summed E-state index contributed by atoms with van der Waals surface area (Å²) in [4.78, 5) is 0. The molecule has 0 radical (unpaired) electrons. The van der Waals surface area contributed by atoms with Crippen LogP contribution >= 0.6 is 0 Å². The molecule has 17 heavy (non-hydrogen) atoms. The molecule has 2 aromatic rings. The average molecular weight is 229 g/mol. The Hall–Kier alpha value is -2.48. The van der Waals surface area contributed by atoms with Gasteiger partial charge in [-0.2, -0.15) is 10.4 Å². The molecule has 0 saturated heterocycles. The molecule has 0 aliphatic heterocycles. The molecule has 1 aromatic heterocycles. The van der Waals surface area contributed by atoms with E-state index in [1.165, 1.54) is 30.5 Å². The molecular weight excluding hydrogens is 221 g/mol. The Morgan fingerprint density at radius 2 is 2.18 bits per heavy atom. The van der Waals surface area contributed by atoms with Gasteiger partial charge in [-0.05, 0) is 36.8 Å². The van der Waals surface area contributed by atoms with E-state index in [2.05, 4.69) is 10.2 Å². The summed E-state index contributed by atoms with van der Waals surface area (Å²) >= 11 is 0. The predicted octanol–water partition coefficient (Wildman–Crippen LogP) is 2.59. The molecule has 0 amide bonds. The molecule has 0 saturated carbocycles. The molecule has 0 N–H and O–H groups in total. The van der Waals surface area contributed by atoms with Crippen LogP contribution in [0.2, 0.25) is 0 Å². The summed E-state index contributed by atoms with van der Waals surface area (Å²) in [6, 6.07) is 7.74. The van der Waals surface area contributed by atoms with E-state index in [0.29, 0.717) is 11.3 Å². The number of nitrogens with zero attached hydrogens (tertiary/aromatic N) is 3. The number of hydrogen-bond donors (Lipinski definition) is 0. The zero-order valence-electron chi connectivity index (χ0n) is 9.01. The number of benzene rings is 1. The number of nitriles is 1. The minimum atomic E-state index is -0.308. The zero-order chi connectivity index (χ0) is 12.3. The van der Waals surface area contributed by atoms with Gasteiger partial charge < -0.3 is 4.74 Å². The first kappa shape index (κ1) is 11.0. The summed E-state index contributed by atoms with van der Waals surface area (Å²) in [5, 5.41) is 16.2. The Kier molecular flexibility index (Phi) is 2.97. The van der Waals surface area contributed by atoms with E-state index < -0.39 is 0 Å². The quantitative estimate of drug-likeness (QED) is 0.794. The summed E-state index contributed by atoms with van der Waals surface area (Å²) in [6.07, 6.45) is 1.40. The summed E-state index contributed by atoms with van der Waals surface area (Å²) in [5.74, 6) is 0.221. The topological polar surface area (TPSA) is 58.8 Å². The first-order valence-electron chi connectivity index (χ1n) is 4.86. The molecule has 0 atom stereocenters. The van der Waals surface area contributed by atoms with Crippen LogP contribution in [-0.2, 0) is 0 Å². The van der Waals surface area contributed by atoms with Crippen molar-refractivity contribution in [3.8, 4) is 17.7 Å². The van der Waals surface area contributed by atoms with Crippen LogP contribution in [0, 0.1) is 24.1 Å². The van der Waals surface area contributed by atoms with Crippen molar-refractivity contribution >= 4 is 0 Å². The van der Waals surface area contributed by atoms with E-state index >= 15 is 0 Å². The van der Waals surface area contributed by atoms with Gasteiger partial charge in [-0.25, -0.2) is 4.39 Å². The predicted molar refractivity (Wildman–Crippen MR) is 58.0 cm³/mol. The molecule has 0 unspecified atom stereocenters. The second-order valence-electron chi connectivity index (χ2n) is 3.37. The Morgan fingerprint density at radius 3 is 2.88 bits per heavy atom. The molecule has 0 spiro atoms. The summed E-state index contributed by atoms with van der Waals surface area (Å²) in [5.41, 5.74) is 0.742. The highest BCUT2D eigenvalue weighted by atomic mass is 19.1. The third-order valence-electron chi connectivity index (χ3n) is 2.15. The highest BCUT2D eigenvalue weighted by Gasteiger charge is 2.07. The van der Waals surface area contributed by atoms with Gasteiger partial charge in [0.15, 0.2) is 0 Å². The van der Waals surface area contributed by atoms with Crippen molar-refractivity contribution < 1.29 is 9.13 Å². The smallest absolute Gasteiger partial charge is 0.256 e. The van der Waals surface area contributed by atoms with Crippen molar-refractivity contribution in [1.29, 1.82) is 5.26 Å². The van der Waals surface area contributed by atoms with Crippen molar-refractivity contribution in [1.82, 2.24) is 10.2 Å². The first-order valence-corrected chi connectivity index (χ1v) is 4.86. The lowest BCUT2D eigenvalue weighted by molar-refractivity contribution is 0.451. The second kappa shape index (κ2) is 4.58. The summed E-state index contributed by atoms with van der Waals surface area (Å²) in [7, 11) is 0. The standard InChI is InChI=1S/C12H8FN3O/c1-8-6-10(2-3-11(8)13)17-12-9(7-14)4-5-15-16-12/h2-6H,1H3. The van der Waals surface area contributed by atoms with Crippen LogP contribution in [0.5, 0.6) is 11.6 Å². The van der Waals surface area contributed by atoms with Crippen LogP contribution in [0.3, 0.4) is 0 Å². The minimum absolute atomic E-state index is 0.112. The van der Waals surface area contributed by atoms with Crippen molar-refractivity contribution in [2.24, 2.45) is 0 Å². The van der Waals surface area contributed by atoms with Crippen LogP contribution in [0.4, 0.5) is 4.39 Å². The number of aromatic nitrogens is 2. The second-order valence-corrected chi connectivity index (χ2v) is 3.37. The highest BCUT2D eigenvalue weighted by Crippen LogP contribution is 2.23. The fourth-order valence-electron chi connectivity index (χ4n) is 1.27. The van der Waals surface area contributed by atoms with Gasteiger partial charge in [0.2, 0.25) is 0 Å². The Labute approximate surface area is 97.3 Å². The maximum absolute atomic E-state index is 13.0. The Balaban J connectivity index is 2.32. The number of aryl methyl sites for hydroxylation is 1. The van der Waals surface area contributed by atoms with E-state index in [4.69, 9.17) is 10.00 Å². The van der Waals surface area contributed by atoms with E-state index in [1.54, 1.807) is 6.92 Å². The molecule has 84 valence electrons. The molecule has 0 bridgehead atoms. The average Bonchev–Trinajstić information content (AvgIpc) is 2.34. The molecule has 5 heteroatoms. The third-order valence-corrected chi connectivity index (χ3v) is 2.15. The lowest BCUT2D eigenvalue weighted by Crippen LogP contribution is -1.94. The van der Waals surface area contributed by atoms with Gasteiger partial charge in [0, 0.05) is 0 Å². The molecule has 4 nitrogen and oxygen atoms in total. The molecule has 0 aliphatic carbocycles. The van der Waals surface area contributed by atoms with E-state index in [1.807, 2.05) is 6.07 Å². The van der Waals surface area contributed by atoms with Crippen LogP contribution in [0.15, 0.2) is 30.5 Å². The third kappa shape index (κ3) is 2.37. The van der Waals surface area contributed by atoms with Gasteiger partial charge in [-0.1, -0.05) is 0 Å². The minimum Gasteiger partial charge on any atom is -0.437 e. The zero-order valence-corrected chi connectivity index (χ0v) is 9.01. The number of rotatable bonds is 2. The number of halogens is 1. The lowest BCUT2D eigenvalue weighted by Gasteiger charge is -2.06. The molecule has 2 rings (SSSR count). The van der Waals surface area contributed by atoms with Crippen molar-refractivity contribution in [3.63, 3.8) is 0 Å². The summed E-state index contributed by atoms with van der Waals surface area (Å²) in [6.45, 7) is 1.63. The number of hydrogen-bond acceptors (Lipinski definition) is 4. The SMILES string of the molecule is Cc1cc(Oc2nnccc2C#N)ccc1F. The largest absolute Gasteiger partial charge is 0.437 e. The van der Waals surface area contributed by atoms with Gasteiger partial charge in [-0.3, -0.25) is 0 Å². The van der Waals surface area contributed by atoms with Crippen LogP contribution in [0.25, 0.3) is 0 Å². The first-order chi connectivity index (χ1) is 8.20. The highest BCUT2D eigenvalue weighted by molar-refractivity contribution is 5.39. The van der Waals surface area contributed by atoms with E-state index in [-0.39, 0.29) is 17.3 Å². The maximum Gasteiger partial charge on any atom is 0.256 e. The van der Waals surface area contributed by atoms with Crippen LogP contribution < -0.4 is 4.74 Å². The van der Waals surface area contributed by atoms with Crippen LogP contribution in [0.1, 0.15) is 11.1 Å². The van der Waals surface area contributed by atoms with Gasteiger partial charge in [0.05, 0.1) is 6.20 Å². The Bertz CT molecular complexity index is 593. The normalized spacial score (nSPS) is 9.71. The van der Waals surface area contributed by atoms with Gasteiger partial charge in [0.1, 0.15) is 23.2 Å². The summed E-state index contributed by atoms with van der Waals surface area (Å²) < 4.78 is 18.4. The van der Waals surface area contributed by atoms with Crippen molar-refractivity contribution in [2.75, 3.05) is 0 Å². The molecule has 1 aromatic carbocycles. The van der Waals surface area contributed by atoms with E-state index in [0.717, 1.165) is 0 Å². The number of ether oxygens (including phenoxy) is 1.